The monoisotopic (exact) mass is 229 g/mol. The van der Waals surface area contributed by atoms with E-state index in [1.807, 2.05) is 0 Å². The molecule has 0 aliphatic rings. The van der Waals surface area contributed by atoms with Gasteiger partial charge in [-0.15, -0.1) is 0 Å². The minimum absolute atomic E-state index is 0.238. The molecule has 0 unspecified atom stereocenters. The Morgan fingerprint density at radius 2 is 2.12 bits per heavy atom. The zero-order valence-electron chi connectivity index (χ0n) is 8.70. The Bertz CT molecular complexity index is 745. The lowest BCUT2D eigenvalue weighted by Gasteiger charge is -1.98. The van der Waals surface area contributed by atoms with Gasteiger partial charge in [-0.1, -0.05) is 12.1 Å². The molecule has 2 N–H and O–H groups in total. The molecule has 84 valence electrons. The van der Waals surface area contributed by atoms with Gasteiger partial charge >= 0.3 is 0 Å². The van der Waals surface area contributed by atoms with E-state index in [1.54, 1.807) is 18.3 Å². The van der Waals surface area contributed by atoms with E-state index in [2.05, 4.69) is 15.0 Å². The lowest BCUT2D eigenvalue weighted by atomic mass is 10.1. The second kappa shape index (κ2) is 3.55. The van der Waals surface area contributed by atoms with Gasteiger partial charge in [0, 0.05) is 11.8 Å². The number of aromatic nitrogens is 3. The summed E-state index contributed by atoms with van der Waals surface area (Å²) in [5, 5.41) is 0. The van der Waals surface area contributed by atoms with Crippen LogP contribution >= 0.6 is 0 Å². The highest BCUT2D eigenvalue weighted by Gasteiger charge is 2.09. The van der Waals surface area contributed by atoms with Gasteiger partial charge in [0.1, 0.15) is 16.9 Å². The lowest BCUT2D eigenvalue weighted by molar-refractivity contribution is 0.628. The summed E-state index contributed by atoms with van der Waals surface area (Å²) in [6.07, 6.45) is 2.99. The molecule has 2 heterocycles. The zero-order chi connectivity index (χ0) is 11.8. The molecule has 0 fully saturated rings. The van der Waals surface area contributed by atoms with Gasteiger partial charge in [0.25, 0.3) is 5.56 Å². The summed E-state index contributed by atoms with van der Waals surface area (Å²) in [5.41, 5.74) is 2.10. The SMILES string of the molecule is O=c1[nH]cnc2c(-c3cccc(F)c3)c[nH]c12. The maximum atomic E-state index is 13.1. The van der Waals surface area contributed by atoms with Gasteiger partial charge in [0.2, 0.25) is 0 Å². The van der Waals surface area contributed by atoms with Crippen molar-refractivity contribution in [2.75, 3.05) is 0 Å². The van der Waals surface area contributed by atoms with Gasteiger partial charge in [-0.05, 0) is 17.7 Å². The van der Waals surface area contributed by atoms with Crippen LogP contribution in [0.25, 0.3) is 22.2 Å². The predicted octanol–water partition coefficient (Wildman–Crippen LogP) is 2.06. The van der Waals surface area contributed by atoms with Crippen LogP contribution in [0.3, 0.4) is 0 Å². The van der Waals surface area contributed by atoms with E-state index in [-0.39, 0.29) is 11.4 Å². The Labute approximate surface area is 95.1 Å². The first-order valence-corrected chi connectivity index (χ1v) is 5.06. The summed E-state index contributed by atoms with van der Waals surface area (Å²) < 4.78 is 13.1. The van der Waals surface area contributed by atoms with Crippen LogP contribution in [0.2, 0.25) is 0 Å². The Kier molecular flexibility index (Phi) is 2.04. The highest BCUT2D eigenvalue weighted by molar-refractivity contribution is 5.91. The van der Waals surface area contributed by atoms with Crippen LogP contribution in [0.4, 0.5) is 4.39 Å². The number of benzene rings is 1. The summed E-state index contributed by atoms with van der Waals surface area (Å²) in [6, 6.07) is 6.18. The number of fused-ring (bicyclic) bond motifs is 1. The maximum Gasteiger partial charge on any atom is 0.275 e. The molecule has 0 radical (unpaired) electrons. The van der Waals surface area contributed by atoms with Crippen LogP contribution in [-0.4, -0.2) is 15.0 Å². The third-order valence-corrected chi connectivity index (χ3v) is 2.60. The minimum Gasteiger partial charge on any atom is -0.355 e. The second-order valence-corrected chi connectivity index (χ2v) is 3.67. The van der Waals surface area contributed by atoms with E-state index in [4.69, 9.17) is 0 Å². The molecule has 4 nitrogen and oxygen atoms in total. The van der Waals surface area contributed by atoms with Crippen molar-refractivity contribution < 1.29 is 4.39 Å². The summed E-state index contributed by atoms with van der Waals surface area (Å²) >= 11 is 0. The van der Waals surface area contributed by atoms with Crippen molar-refractivity contribution in [3.8, 4) is 11.1 Å². The Balaban J connectivity index is 2.32. The summed E-state index contributed by atoms with van der Waals surface area (Å²) in [4.78, 5) is 20.9. The van der Waals surface area contributed by atoms with Crippen molar-refractivity contribution in [2.45, 2.75) is 0 Å². The molecule has 0 bridgehead atoms. The highest BCUT2D eigenvalue weighted by atomic mass is 19.1. The van der Waals surface area contributed by atoms with Gasteiger partial charge in [0.15, 0.2) is 0 Å². The number of hydrogen-bond acceptors (Lipinski definition) is 2. The molecule has 0 amide bonds. The van der Waals surface area contributed by atoms with Crippen molar-refractivity contribution in [2.24, 2.45) is 0 Å². The topological polar surface area (TPSA) is 61.5 Å². The number of H-pyrrole nitrogens is 2. The van der Waals surface area contributed by atoms with E-state index in [9.17, 15) is 9.18 Å². The molecule has 0 spiro atoms. The van der Waals surface area contributed by atoms with Crippen LogP contribution < -0.4 is 5.56 Å². The number of rotatable bonds is 1. The number of nitrogens with one attached hydrogen (secondary N) is 2. The van der Waals surface area contributed by atoms with Crippen molar-refractivity contribution in [3.05, 3.63) is 53.0 Å². The number of aromatic amines is 2. The highest BCUT2D eigenvalue weighted by Crippen LogP contribution is 2.25. The molecular weight excluding hydrogens is 221 g/mol. The van der Waals surface area contributed by atoms with Gasteiger partial charge in [-0.2, -0.15) is 0 Å². The minimum atomic E-state index is -0.318. The normalized spacial score (nSPS) is 10.9. The molecule has 1 aromatic carbocycles. The summed E-state index contributed by atoms with van der Waals surface area (Å²) in [5.74, 6) is -0.318. The van der Waals surface area contributed by atoms with Crippen molar-refractivity contribution in [3.63, 3.8) is 0 Å². The quantitative estimate of drug-likeness (QED) is 0.670. The van der Waals surface area contributed by atoms with Crippen molar-refractivity contribution in [1.82, 2.24) is 15.0 Å². The van der Waals surface area contributed by atoms with Gasteiger partial charge in [-0.3, -0.25) is 4.79 Å². The standard InChI is InChI=1S/C12H8FN3O/c13-8-3-1-2-7(4-8)9-5-14-11-10(9)15-6-16-12(11)17/h1-6,14H,(H,15,16,17). The van der Waals surface area contributed by atoms with Crippen LogP contribution in [0.5, 0.6) is 0 Å². The fourth-order valence-electron chi connectivity index (χ4n) is 1.83. The predicted molar refractivity (Wildman–Crippen MR) is 62.1 cm³/mol. The number of hydrogen-bond donors (Lipinski definition) is 2. The largest absolute Gasteiger partial charge is 0.355 e. The van der Waals surface area contributed by atoms with E-state index < -0.39 is 0 Å². The average molecular weight is 229 g/mol. The van der Waals surface area contributed by atoms with Crippen molar-refractivity contribution >= 4 is 11.0 Å². The van der Waals surface area contributed by atoms with Crippen LogP contribution in [0.15, 0.2) is 41.6 Å². The van der Waals surface area contributed by atoms with Crippen LogP contribution in [0.1, 0.15) is 0 Å². The molecular formula is C12H8FN3O. The third-order valence-electron chi connectivity index (χ3n) is 2.60. The Hall–Kier alpha value is -2.43. The van der Waals surface area contributed by atoms with E-state index in [0.29, 0.717) is 22.2 Å². The molecule has 5 heteroatoms. The average Bonchev–Trinajstić information content (AvgIpc) is 2.74. The first kappa shape index (κ1) is 9.77. The first-order valence-electron chi connectivity index (χ1n) is 5.06. The molecule has 17 heavy (non-hydrogen) atoms. The molecule has 0 aliphatic heterocycles. The van der Waals surface area contributed by atoms with Crippen molar-refractivity contribution in [1.29, 1.82) is 0 Å². The number of halogens is 1. The molecule has 0 saturated heterocycles. The maximum absolute atomic E-state index is 13.1. The third kappa shape index (κ3) is 1.52. The first-order chi connectivity index (χ1) is 8.25. The Morgan fingerprint density at radius 1 is 1.24 bits per heavy atom. The number of nitrogens with zero attached hydrogens (tertiary/aromatic N) is 1. The molecule has 0 atom stereocenters. The smallest absolute Gasteiger partial charge is 0.275 e. The van der Waals surface area contributed by atoms with E-state index >= 15 is 0 Å². The molecule has 3 aromatic rings. The lowest BCUT2D eigenvalue weighted by Crippen LogP contribution is -2.05. The van der Waals surface area contributed by atoms with Crippen LogP contribution in [0, 0.1) is 5.82 Å². The van der Waals surface area contributed by atoms with E-state index in [0.717, 1.165) is 0 Å². The summed E-state index contributed by atoms with van der Waals surface area (Å²) in [6.45, 7) is 0. The van der Waals surface area contributed by atoms with Gasteiger partial charge in [0.05, 0.1) is 6.33 Å². The zero-order valence-corrected chi connectivity index (χ0v) is 8.70. The summed E-state index contributed by atoms with van der Waals surface area (Å²) in [7, 11) is 0. The van der Waals surface area contributed by atoms with Crippen LogP contribution in [-0.2, 0) is 0 Å². The molecule has 0 saturated carbocycles. The fraction of sp³-hybridized carbons (Fsp3) is 0. The Morgan fingerprint density at radius 3 is 2.94 bits per heavy atom. The fourth-order valence-corrected chi connectivity index (χ4v) is 1.83. The second-order valence-electron chi connectivity index (χ2n) is 3.67. The molecule has 0 aliphatic carbocycles. The van der Waals surface area contributed by atoms with Gasteiger partial charge < -0.3 is 9.97 Å². The van der Waals surface area contributed by atoms with Gasteiger partial charge in [-0.25, -0.2) is 9.37 Å². The molecule has 2 aromatic heterocycles. The van der Waals surface area contributed by atoms with E-state index in [1.165, 1.54) is 18.5 Å². The molecule has 3 rings (SSSR count).